The molecule has 2 saturated heterocycles. The number of carbonyl (C=O) groups is 3. The van der Waals surface area contributed by atoms with Crippen LogP contribution in [-0.2, 0) is 14.8 Å². The lowest BCUT2D eigenvalue weighted by Gasteiger charge is -2.38. The number of hydrogen-bond donors (Lipinski definition) is 1. The van der Waals surface area contributed by atoms with E-state index in [0.717, 1.165) is 0 Å². The highest BCUT2D eigenvalue weighted by molar-refractivity contribution is 7.89. The van der Waals surface area contributed by atoms with Crippen molar-refractivity contribution in [3.05, 3.63) is 59.7 Å². The van der Waals surface area contributed by atoms with Gasteiger partial charge in [0.25, 0.3) is 5.91 Å². The Hall–Kier alpha value is -3.24. The average Bonchev–Trinajstić information content (AvgIpc) is 2.88. The number of para-hydroxylation sites is 1. The standard InChI is InChI=1S/C25H29N3O6S/c1-18(29)19-6-8-21(9-7-19)35(33,34)28-12-10-20(11-13-28)24(31)26-14-16-27(17-15-26)25(32)22-4-2-3-5-23(22)30/h2-9,20,30H,10-17H2,1H3. The van der Waals surface area contributed by atoms with Crippen LogP contribution in [0.4, 0.5) is 0 Å². The molecule has 35 heavy (non-hydrogen) atoms. The highest BCUT2D eigenvalue weighted by atomic mass is 32.2. The van der Waals surface area contributed by atoms with E-state index in [-0.39, 0.29) is 52.8 Å². The molecule has 2 aromatic rings. The normalized spacial score (nSPS) is 17.9. The van der Waals surface area contributed by atoms with Gasteiger partial charge in [0.15, 0.2) is 5.78 Å². The smallest absolute Gasteiger partial charge is 0.257 e. The monoisotopic (exact) mass is 499 g/mol. The molecule has 0 aliphatic carbocycles. The predicted octanol–water partition coefficient (Wildman–Crippen LogP) is 1.98. The first-order valence-electron chi connectivity index (χ1n) is 11.7. The van der Waals surface area contributed by atoms with E-state index in [1.807, 2.05) is 0 Å². The topological polar surface area (TPSA) is 115 Å². The molecule has 2 aromatic carbocycles. The van der Waals surface area contributed by atoms with Crippen LogP contribution in [0, 0.1) is 5.92 Å². The fraction of sp³-hybridized carbons (Fsp3) is 0.400. The Balaban J connectivity index is 1.30. The maximum absolute atomic E-state index is 13.1. The number of benzene rings is 2. The van der Waals surface area contributed by atoms with Gasteiger partial charge < -0.3 is 14.9 Å². The van der Waals surface area contributed by atoms with Crippen molar-refractivity contribution in [2.75, 3.05) is 39.3 Å². The number of phenols is 1. The minimum atomic E-state index is -3.69. The fourth-order valence-corrected chi connectivity index (χ4v) is 6.04. The van der Waals surface area contributed by atoms with Crippen molar-refractivity contribution < 1.29 is 27.9 Å². The third kappa shape index (κ3) is 5.23. The van der Waals surface area contributed by atoms with Crippen molar-refractivity contribution in [2.24, 2.45) is 5.92 Å². The summed E-state index contributed by atoms with van der Waals surface area (Å²) in [5, 5.41) is 9.94. The van der Waals surface area contributed by atoms with Crippen LogP contribution in [0.1, 0.15) is 40.5 Å². The number of aromatic hydroxyl groups is 1. The zero-order valence-electron chi connectivity index (χ0n) is 19.6. The number of carbonyl (C=O) groups excluding carboxylic acids is 3. The molecule has 0 unspecified atom stereocenters. The van der Waals surface area contributed by atoms with E-state index in [1.165, 1.54) is 41.6 Å². The highest BCUT2D eigenvalue weighted by Crippen LogP contribution is 2.26. The molecule has 186 valence electrons. The lowest BCUT2D eigenvalue weighted by atomic mass is 9.96. The van der Waals surface area contributed by atoms with Crippen LogP contribution in [0.2, 0.25) is 0 Å². The lowest BCUT2D eigenvalue weighted by Crippen LogP contribution is -2.53. The van der Waals surface area contributed by atoms with E-state index in [1.54, 1.807) is 28.0 Å². The Morgan fingerprint density at radius 1 is 0.829 bits per heavy atom. The zero-order valence-corrected chi connectivity index (χ0v) is 20.4. The average molecular weight is 500 g/mol. The molecule has 2 fully saturated rings. The molecule has 0 saturated carbocycles. The number of sulfonamides is 1. The molecule has 10 heteroatoms. The van der Waals surface area contributed by atoms with Gasteiger partial charge in [0, 0.05) is 50.7 Å². The zero-order chi connectivity index (χ0) is 25.2. The van der Waals surface area contributed by atoms with Crippen molar-refractivity contribution in [2.45, 2.75) is 24.7 Å². The Kier molecular flexibility index (Phi) is 7.23. The van der Waals surface area contributed by atoms with Crippen LogP contribution in [-0.4, -0.2) is 84.5 Å². The van der Waals surface area contributed by atoms with Gasteiger partial charge in [0.1, 0.15) is 5.75 Å². The lowest BCUT2D eigenvalue weighted by molar-refractivity contribution is -0.138. The Morgan fingerprint density at radius 2 is 1.40 bits per heavy atom. The van der Waals surface area contributed by atoms with Gasteiger partial charge in [-0.25, -0.2) is 8.42 Å². The summed E-state index contributed by atoms with van der Waals surface area (Å²) >= 11 is 0. The first-order valence-corrected chi connectivity index (χ1v) is 13.1. The summed E-state index contributed by atoms with van der Waals surface area (Å²) < 4.78 is 27.3. The minimum absolute atomic E-state index is 0.0116. The number of amides is 2. The number of rotatable bonds is 5. The second-order valence-electron chi connectivity index (χ2n) is 8.89. The minimum Gasteiger partial charge on any atom is -0.507 e. The van der Waals surface area contributed by atoms with Crippen molar-refractivity contribution in [1.82, 2.24) is 14.1 Å². The number of hydrogen-bond acceptors (Lipinski definition) is 6. The van der Waals surface area contributed by atoms with Crippen LogP contribution >= 0.6 is 0 Å². The summed E-state index contributed by atoms with van der Waals surface area (Å²) in [7, 11) is -3.69. The molecule has 4 rings (SSSR count). The molecular formula is C25H29N3O6S. The molecule has 1 N–H and O–H groups in total. The third-order valence-electron chi connectivity index (χ3n) is 6.71. The molecule has 2 amide bonds. The quantitative estimate of drug-likeness (QED) is 0.629. The number of piperazine rings is 1. The van der Waals surface area contributed by atoms with E-state index in [0.29, 0.717) is 44.6 Å². The van der Waals surface area contributed by atoms with Crippen LogP contribution < -0.4 is 0 Å². The summed E-state index contributed by atoms with van der Waals surface area (Å²) in [5.41, 5.74) is 0.701. The fourth-order valence-electron chi connectivity index (χ4n) is 4.57. The SMILES string of the molecule is CC(=O)c1ccc(S(=O)(=O)N2CCC(C(=O)N3CCN(C(=O)c4ccccc4O)CC3)CC2)cc1. The second-order valence-corrected chi connectivity index (χ2v) is 10.8. The number of nitrogens with zero attached hydrogens (tertiary/aromatic N) is 3. The van der Waals surface area contributed by atoms with Crippen LogP contribution in [0.25, 0.3) is 0 Å². The largest absolute Gasteiger partial charge is 0.507 e. The molecule has 0 atom stereocenters. The molecule has 0 bridgehead atoms. The summed E-state index contributed by atoms with van der Waals surface area (Å²) in [5.74, 6) is -0.723. The molecule has 0 spiro atoms. The third-order valence-corrected chi connectivity index (χ3v) is 8.63. The van der Waals surface area contributed by atoms with Gasteiger partial charge >= 0.3 is 0 Å². The van der Waals surface area contributed by atoms with E-state index < -0.39 is 10.0 Å². The van der Waals surface area contributed by atoms with E-state index in [2.05, 4.69) is 0 Å². The number of piperidine rings is 1. The Bertz CT molecular complexity index is 1210. The molecule has 0 radical (unpaired) electrons. The summed E-state index contributed by atoms with van der Waals surface area (Å²) in [6.07, 6.45) is 0.862. The molecule has 0 aromatic heterocycles. The maximum atomic E-state index is 13.1. The van der Waals surface area contributed by atoms with Crippen molar-refractivity contribution in [1.29, 1.82) is 0 Å². The summed E-state index contributed by atoms with van der Waals surface area (Å²) in [4.78, 5) is 40.7. The van der Waals surface area contributed by atoms with Gasteiger partial charge in [-0.05, 0) is 44.0 Å². The van der Waals surface area contributed by atoms with Gasteiger partial charge in [-0.15, -0.1) is 0 Å². The van der Waals surface area contributed by atoms with Crippen LogP contribution in [0.3, 0.4) is 0 Å². The van der Waals surface area contributed by atoms with Gasteiger partial charge in [0.2, 0.25) is 15.9 Å². The summed E-state index contributed by atoms with van der Waals surface area (Å²) in [6.45, 7) is 3.48. The molecule has 2 aliphatic heterocycles. The molecular weight excluding hydrogens is 470 g/mol. The van der Waals surface area contributed by atoms with Crippen LogP contribution in [0.15, 0.2) is 53.4 Å². The van der Waals surface area contributed by atoms with E-state index in [4.69, 9.17) is 0 Å². The second kappa shape index (κ2) is 10.2. The van der Waals surface area contributed by atoms with Gasteiger partial charge in [-0.3, -0.25) is 14.4 Å². The first-order chi connectivity index (χ1) is 16.7. The molecule has 2 aliphatic rings. The number of Topliss-reactive ketones (excluding diaryl/α,β-unsaturated/α-hetero) is 1. The Morgan fingerprint density at radius 3 is 1.97 bits per heavy atom. The van der Waals surface area contributed by atoms with E-state index in [9.17, 15) is 27.9 Å². The van der Waals surface area contributed by atoms with Crippen molar-refractivity contribution in [3.8, 4) is 5.75 Å². The van der Waals surface area contributed by atoms with Crippen molar-refractivity contribution >= 4 is 27.6 Å². The molecule has 9 nitrogen and oxygen atoms in total. The van der Waals surface area contributed by atoms with Gasteiger partial charge in [-0.1, -0.05) is 24.3 Å². The van der Waals surface area contributed by atoms with Crippen molar-refractivity contribution in [3.63, 3.8) is 0 Å². The van der Waals surface area contributed by atoms with Gasteiger partial charge in [-0.2, -0.15) is 4.31 Å². The maximum Gasteiger partial charge on any atom is 0.257 e. The van der Waals surface area contributed by atoms with Gasteiger partial charge in [0.05, 0.1) is 10.5 Å². The number of ketones is 1. The number of phenolic OH excluding ortho intramolecular Hbond substituents is 1. The summed E-state index contributed by atoms with van der Waals surface area (Å²) in [6, 6.07) is 12.3. The Labute approximate surface area is 205 Å². The van der Waals surface area contributed by atoms with Crippen LogP contribution in [0.5, 0.6) is 5.75 Å². The van der Waals surface area contributed by atoms with E-state index >= 15 is 0 Å². The molecule has 2 heterocycles. The highest BCUT2D eigenvalue weighted by Gasteiger charge is 2.35. The predicted molar refractivity (Wildman–Crippen MR) is 129 cm³/mol. The first kappa shape index (κ1) is 24.9.